The second kappa shape index (κ2) is 4.22. The van der Waals surface area contributed by atoms with Gasteiger partial charge in [-0.2, -0.15) is 5.10 Å². The van der Waals surface area contributed by atoms with E-state index in [0.717, 1.165) is 0 Å². The number of hydrogen-bond donors (Lipinski definition) is 2. The van der Waals surface area contributed by atoms with Crippen LogP contribution < -0.4 is 5.32 Å². The molecule has 0 fully saturated rings. The highest BCUT2D eigenvalue weighted by atomic mass is 19.1. The Kier molecular flexibility index (Phi) is 2.76. The predicted octanol–water partition coefficient (Wildman–Crippen LogP) is 1.88. The van der Waals surface area contributed by atoms with Gasteiger partial charge in [0.1, 0.15) is 17.4 Å². The van der Waals surface area contributed by atoms with Crippen LogP contribution in [0.2, 0.25) is 0 Å². The molecule has 2 rings (SSSR count). The van der Waals surface area contributed by atoms with Gasteiger partial charge in [0.05, 0.1) is 0 Å². The van der Waals surface area contributed by atoms with Crippen molar-refractivity contribution < 1.29 is 9.50 Å². The molecule has 84 valence electrons. The molecule has 0 aliphatic heterocycles. The fourth-order valence-corrected chi connectivity index (χ4v) is 1.39. The second-order valence-corrected chi connectivity index (χ2v) is 3.50. The first kappa shape index (κ1) is 10.5. The predicted molar refractivity (Wildman–Crippen MR) is 58.6 cm³/mol. The Hall–Kier alpha value is -2.04. The third-order valence-electron chi connectivity index (χ3n) is 2.22. The van der Waals surface area contributed by atoms with Crippen molar-refractivity contribution in [2.75, 3.05) is 5.32 Å². The minimum atomic E-state index is -0.365. The molecule has 2 aromatic rings. The van der Waals surface area contributed by atoms with Crippen LogP contribution in [0.25, 0.3) is 0 Å². The molecule has 0 radical (unpaired) electrons. The van der Waals surface area contributed by atoms with Crippen LogP contribution in [0.15, 0.2) is 30.5 Å². The van der Waals surface area contributed by atoms with Gasteiger partial charge in [0.2, 0.25) is 0 Å². The molecule has 0 bridgehead atoms. The topological polar surface area (TPSA) is 50.1 Å². The number of phenolic OH excluding ortho intramolecular Hbond substituents is 1. The molecule has 1 heterocycles. The van der Waals surface area contributed by atoms with Gasteiger partial charge in [-0.05, 0) is 18.2 Å². The zero-order valence-corrected chi connectivity index (χ0v) is 8.81. The molecule has 0 atom stereocenters. The van der Waals surface area contributed by atoms with Crippen LogP contribution in [0.4, 0.5) is 10.2 Å². The first-order valence-corrected chi connectivity index (χ1v) is 4.86. The van der Waals surface area contributed by atoms with Gasteiger partial charge >= 0.3 is 0 Å². The molecular formula is C11H12FN3O. The van der Waals surface area contributed by atoms with E-state index in [1.807, 2.05) is 7.05 Å². The molecule has 0 saturated heterocycles. The van der Waals surface area contributed by atoms with Crippen LogP contribution in [0.3, 0.4) is 0 Å². The van der Waals surface area contributed by atoms with Crippen molar-refractivity contribution >= 4 is 5.82 Å². The molecule has 2 N–H and O–H groups in total. The lowest BCUT2D eigenvalue weighted by Crippen LogP contribution is -2.01. The summed E-state index contributed by atoms with van der Waals surface area (Å²) in [7, 11) is 1.81. The highest BCUT2D eigenvalue weighted by Gasteiger charge is 2.03. The van der Waals surface area contributed by atoms with Gasteiger partial charge in [0, 0.05) is 31.4 Å². The number of phenols is 1. The standard InChI is InChI=1S/C11H12FN3O/c1-15-5-4-11(14-15)13-7-8-6-9(12)2-3-10(8)16/h2-6,16H,7H2,1H3,(H,13,14). The van der Waals surface area contributed by atoms with Gasteiger partial charge in [-0.15, -0.1) is 0 Å². The Balaban J connectivity index is 2.07. The van der Waals surface area contributed by atoms with E-state index in [9.17, 15) is 9.50 Å². The van der Waals surface area contributed by atoms with Crippen LogP contribution >= 0.6 is 0 Å². The molecule has 5 heteroatoms. The summed E-state index contributed by atoms with van der Waals surface area (Å²) < 4.78 is 14.6. The van der Waals surface area contributed by atoms with Crippen molar-refractivity contribution in [3.8, 4) is 5.75 Å². The molecular weight excluding hydrogens is 209 g/mol. The number of rotatable bonds is 3. The molecule has 1 aromatic carbocycles. The zero-order chi connectivity index (χ0) is 11.5. The Bertz CT molecular complexity index is 496. The molecule has 0 amide bonds. The normalized spacial score (nSPS) is 10.4. The molecule has 0 saturated carbocycles. The summed E-state index contributed by atoms with van der Waals surface area (Å²) in [4.78, 5) is 0. The van der Waals surface area contributed by atoms with E-state index in [0.29, 0.717) is 17.9 Å². The summed E-state index contributed by atoms with van der Waals surface area (Å²) >= 11 is 0. The third-order valence-corrected chi connectivity index (χ3v) is 2.22. The number of halogens is 1. The Morgan fingerprint density at radius 1 is 1.44 bits per heavy atom. The lowest BCUT2D eigenvalue weighted by Gasteiger charge is -2.05. The molecule has 1 aromatic heterocycles. The summed E-state index contributed by atoms with van der Waals surface area (Å²) in [5, 5.41) is 16.6. The van der Waals surface area contributed by atoms with Gasteiger partial charge in [-0.1, -0.05) is 0 Å². The van der Waals surface area contributed by atoms with Crippen molar-refractivity contribution in [3.63, 3.8) is 0 Å². The molecule has 0 aliphatic carbocycles. The second-order valence-electron chi connectivity index (χ2n) is 3.50. The number of hydrogen-bond acceptors (Lipinski definition) is 3. The number of anilines is 1. The van der Waals surface area contributed by atoms with Crippen molar-refractivity contribution in [1.82, 2.24) is 9.78 Å². The highest BCUT2D eigenvalue weighted by molar-refractivity contribution is 5.38. The smallest absolute Gasteiger partial charge is 0.148 e. The van der Waals surface area contributed by atoms with Crippen LogP contribution in [0, 0.1) is 5.82 Å². The van der Waals surface area contributed by atoms with E-state index >= 15 is 0 Å². The fourth-order valence-electron chi connectivity index (χ4n) is 1.39. The third kappa shape index (κ3) is 2.31. The Morgan fingerprint density at radius 2 is 2.25 bits per heavy atom. The Morgan fingerprint density at radius 3 is 2.94 bits per heavy atom. The molecule has 0 aliphatic rings. The van der Waals surface area contributed by atoms with Gasteiger partial charge < -0.3 is 10.4 Å². The van der Waals surface area contributed by atoms with Crippen LogP contribution in [-0.4, -0.2) is 14.9 Å². The van der Waals surface area contributed by atoms with Crippen molar-refractivity contribution in [1.29, 1.82) is 0 Å². The largest absolute Gasteiger partial charge is 0.508 e. The minimum Gasteiger partial charge on any atom is -0.508 e. The quantitative estimate of drug-likeness (QED) is 0.832. The SMILES string of the molecule is Cn1ccc(NCc2cc(F)ccc2O)n1. The van der Waals surface area contributed by atoms with Crippen molar-refractivity contribution in [2.24, 2.45) is 7.05 Å². The monoisotopic (exact) mass is 221 g/mol. The lowest BCUT2D eigenvalue weighted by molar-refractivity contribution is 0.466. The number of nitrogens with zero attached hydrogens (tertiary/aromatic N) is 2. The van der Waals surface area contributed by atoms with E-state index in [-0.39, 0.29) is 11.6 Å². The molecule has 16 heavy (non-hydrogen) atoms. The van der Waals surface area contributed by atoms with E-state index in [1.165, 1.54) is 18.2 Å². The van der Waals surface area contributed by atoms with Crippen LogP contribution in [-0.2, 0) is 13.6 Å². The number of benzene rings is 1. The summed E-state index contributed by atoms with van der Waals surface area (Å²) in [5.74, 6) is 0.395. The first-order chi connectivity index (χ1) is 7.65. The van der Waals surface area contributed by atoms with E-state index in [4.69, 9.17) is 0 Å². The van der Waals surface area contributed by atoms with E-state index in [2.05, 4.69) is 10.4 Å². The molecule has 0 spiro atoms. The maximum absolute atomic E-state index is 12.9. The summed E-state index contributed by atoms with van der Waals surface area (Å²) in [6.07, 6.45) is 1.80. The maximum atomic E-state index is 12.9. The average Bonchev–Trinajstić information content (AvgIpc) is 2.66. The van der Waals surface area contributed by atoms with Gasteiger partial charge in [0.15, 0.2) is 0 Å². The average molecular weight is 221 g/mol. The van der Waals surface area contributed by atoms with Crippen LogP contribution in [0.5, 0.6) is 5.75 Å². The fraction of sp³-hybridized carbons (Fsp3) is 0.182. The van der Waals surface area contributed by atoms with Crippen molar-refractivity contribution in [3.05, 3.63) is 41.8 Å². The van der Waals surface area contributed by atoms with Crippen LogP contribution in [0.1, 0.15) is 5.56 Å². The maximum Gasteiger partial charge on any atom is 0.148 e. The number of nitrogens with one attached hydrogen (secondary N) is 1. The summed E-state index contributed by atoms with van der Waals surface area (Å²) in [6, 6.07) is 5.66. The molecule has 0 unspecified atom stereocenters. The van der Waals surface area contributed by atoms with Gasteiger partial charge in [-0.25, -0.2) is 4.39 Å². The number of aromatic hydroxyl groups is 1. The summed E-state index contributed by atoms with van der Waals surface area (Å²) in [6.45, 7) is 0.334. The number of aryl methyl sites for hydroxylation is 1. The van der Waals surface area contributed by atoms with E-state index < -0.39 is 0 Å². The lowest BCUT2D eigenvalue weighted by atomic mass is 10.2. The van der Waals surface area contributed by atoms with Gasteiger partial charge in [-0.3, -0.25) is 4.68 Å². The first-order valence-electron chi connectivity index (χ1n) is 4.86. The van der Waals surface area contributed by atoms with Crippen molar-refractivity contribution in [2.45, 2.75) is 6.54 Å². The van der Waals surface area contributed by atoms with Gasteiger partial charge in [0.25, 0.3) is 0 Å². The molecule has 4 nitrogen and oxygen atoms in total. The highest BCUT2D eigenvalue weighted by Crippen LogP contribution is 2.18. The Labute approximate surface area is 92.3 Å². The van der Waals surface area contributed by atoms with E-state index in [1.54, 1.807) is 16.9 Å². The summed E-state index contributed by atoms with van der Waals surface area (Å²) in [5.41, 5.74) is 0.505. The zero-order valence-electron chi connectivity index (χ0n) is 8.81. The number of aromatic nitrogens is 2. The minimum absolute atomic E-state index is 0.0739.